The first-order chi connectivity index (χ1) is 8.26. The molecular weight excluding hydrogens is 294 g/mol. The van der Waals surface area contributed by atoms with Gasteiger partial charge in [-0.3, -0.25) is 0 Å². The van der Waals surface area contributed by atoms with Crippen LogP contribution in [0.25, 0.3) is 0 Å². The summed E-state index contributed by atoms with van der Waals surface area (Å²) in [7, 11) is 2.02. The van der Waals surface area contributed by atoms with Crippen molar-refractivity contribution < 1.29 is 0 Å². The maximum Gasteiger partial charge on any atom is 0.0186 e. The second-order valence-corrected chi connectivity index (χ2v) is 5.86. The van der Waals surface area contributed by atoms with Crippen LogP contribution in [-0.2, 0) is 0 Å². The highest BCUT2D eigenvalue weighted by atomic mass is 79.9. The van der Waals surface area contributed by atoms with Crippen molar-refractivity contribution in [2.45, 2.75) is 30.2 Å². The van der Waals surface area contributed by atoms with Gasteiger partial charge in [0.2, 0.25) is 0 Å². The van der Waals surface area contributed by atoms with E-state index in [0.29, 0.717) is 6.04 Å². The summed E-state index contributed by atoms with van der Waals surface area (Å²) in [6.45, 7) is 0. The molecule has 1 nitrogen and oxygen atoms in total. The number of hydrogen-bond donors (Lipinski definition) is 1. The summed E-state index contributed by atoms with van der Waals surface area (Å²) < 4.78 is 1.14. The standard InChI is InChI=1S/C14H18BrNS/c1-3-4-5-8-13(16-2)11-17-14-9-6-7-12(15)10-14/h1,6-7,9-10,13,16H,4-5,8,11H2,2H3. The predicted octanol–water partition coefficient (Wildman–Crippen LogP) is 3.93. The summed E-state index contributed by atoms with van der Waals surface area (Å²) >= 11 is 5.37. The molecule has 0 heterocycles. The Kier molecular flexibility index (Phi) is 7.43. The van der Waals surface area contributed by atoms with Crippen LogP contribution in [0.5, 0.6) is 0 Å². The van der Waals surface area contributed by atoms with E-state index in [1.807, 2.05) is 24.9 Å². The lowest BCUT2D eigenvalue weighted by atomic mass is 10.1. The Hall–Kier alpha value is -0.430. The van der Waals surface area contributed by atoms with Gasteiger partial charge in [0.15, 0.2) is 0 Å². The van der Waals surface area contributed by atoms with Gasteiger partial charge in [-0.2, -0.15) is 0 Å². The molecular formula is C14H18BrNS. The van der Waals surface area contributed by atoms with E-state index in [4.69, 9.17) is 6.42 Å². The van der Waals surface area contributed by atoms with Crippen LogP contribution in [0, 0.1) is 12.3 Å². The lowest BCUT2D eigenvalue weighted by Gasteiger charge is -2.15. The Morgan fingerprint density at radius 2 is 2.35 bits per heavy atom. The van der Waals surface area contributed by atoms with Gasteiger partial charge in [0.25, 0.3) is 0 Å². The molecule has 0 bridgehead atoms. The van der Waals surface area contributed by atoms with Crippen LogP contribution in [0.2, 0.25) is 0 Å². The maximum atomic E-state index is 5.26. The number of benzene rings is 1. The summed E-state index contributed by atoms with van der Waals surface area (Å²) in [5, 5.41) is 3.34. The van der Waals surface area contributed by atoms with Gasteiger partial charge in [0.1, 0.15) is 0 Å². The number of rotatable bonds is 7. The van der Waals surface area contributed by atoms with Crippen molar-refractivity contribution >= 4 is 27.7 Å². The zero-order chi connectivity index (χ0) is 12.5. The number of terminal acetylenes is 1. The molecule has 0 aliphatic heterocycles. The second kappa shape index (κ2) is 8.63. The largest absolute Gasteiger partial charge is 0.316 e. The first-order valence-electron chi connectivity index (χ1n) is 5.75. The van der Waals surface area contributed by atoms with Gasteiger partial charge in [-0.25, -0.2) is 0 Å². The van der Waals surface area contributed by atoms with E-state index in [1.165, 1.54) is 4.90 Å². The molecule has 0 spiro atoms. The summed E-state index contributed by atoms with van der Waals surface area (Å²) in [4.78, 5) is 1.30. The molecule has 0 amide bonds. The average molecular weight is 312 g/mol. The first-order valence-corrected chi connectivity index (χ1v) is 7.53. The van der Waals surface area contributed by atoms with Crippen molar-refractivity contribution in [2.24, 2.45) is 0 Å². The fraction of sp³-hybridized carbons (Fsp3) is 0.429. The molecule has 0 radical (unpaired) electrons. The van der Waals surface area contributed by atoms with Crippen molar-refractivity contribution in [1.29, 1.82) is 0 Å². The van der Waals surface area contributed by atoms with Crippen LogP contribution < -0.4 is 5.32 Å². The van der Waals surface area contributed by atoms with Crippen molar-refractivity contribution in [3.8, 4) is 12.3 Å². The molecule has 17 heavy (non-hydrogen) atoms. The van der Waals surface area contributed by atoms with Crippen molar-refractivity contribution in [1.82, 2.24) is 5.32 Å². The molecule has 1 aromatic carbocycles. The zero-order valence-corrected chi connectivity index (χ0v) is 12.5. The number of thioether (sulfide) groups is 1. The minimum absolute atomic E-state index is 0.535. The first kappa shape index (κ1) is 14.6. The third kappa shape index (κ3) is 6.16. The lowest BCUT2D eigenvalue weighted by molar-refractivity contribution is 0.554. The molecule has 0 aromatic heterocycles. The average Bonchev–Trinajstić information content (AvgIpc) is 2.34. The predicted molar refractivity (Wildman–Crippen MR) is 80.4 cm³/mol. The van der Waals surface area contributed by atoms with Gasteiger partial charge >= 0.3 is 0 Å². The van der Waals surface area contributed by atoms with Crippen molar-refractivity contribution in [2.75, 3.05) is 12.8 Å². The number of unbranched alkanes of at least 4 members (excludes halogenated alkanes) is 1. The third-order valence-electron chi connectivity index (χ3n) is 2.53. The Morgan fingerprint density at radius 1 is 1.53 bits per heavy atom. The van der Waals surface area contributed by atoms with E-state index in [9.17, 15) is 0 Å². The van der Waals surface area contributed by atoms with E-state index < -0.39 is 0 Å². The smallest absolute Gasteiger partial charge is 0.0186 e. The summed E-state index contributed by atoms with van der Waals surface area (Å²) in [6.07, 6.45) is 8.37. The van der Waals surface area contributed by atoms with E-state index in [2.05, 4.69) is 45.4 Å². The number of nitrogens with one attached hydrogen (secondary N) is 1. The van der Waals surface area contributed by atoms with Gasteiger partial charge in [-0.05, 0) is 38.1 Å². The molecule has 0 saturated heterocycles. The summed E-state index contributed by atoms with van der Waals surface area (Å²) in [6, 6.07) is 8.95. The fourth-order valence-electron chi connectivity index (χ4n) is 1.52. The number of hydrogen-bond acceptors (Lipinski definition) is 2. The van der Waals surface area contributed by atoms with Crippen molar-refractivity contribution in [3.63, 3.8) is 0 Å². The van der Waals surface area contributed by atoms with E-state index in [1.54, 1.807) is 0 Å². The highest BCUT2D eigenvalue weighted by molar-refractivity contribution is 9.10. The normalized spacial score (nSPS) is 12.1. The minimum Gasteiger partial charge on any atom is -0.316 e. The third-order valence-corrected chi connectivity index (χ3v) is 4.18. The van der Waals surface area contributed by atoms with Crippen LogP contribution in [0.15, 0.2) is 33.6 Å². The van der Waals surface area contributed by atoms with Gasteiger partial charge in [0, 0.05) is 27.6 Å². The van der Waals surface area contributed by atoms with Crippen LogP contribution in [0.3, 0.4) is 0 Å². The van der Waals surface area contributed by atoms with Crippen LogP contribution in [-0.4, -0.2) is 18.8 Å². The molecule has 1 unspecified atom stereocenters. The molecule has 1 aromatic rings. The Balaban J connectivity index is 2.34. The zero-order valence-electron chi connectivity index (χ0n) is 10.1. The number of halogens is 1. The molecule has 0 aliphatic rings. The van der Waals surface area contributed by atoms with Crippen molar-refractivity contribution in [3.05, 3.63) is 28.7 Å². The monoisotopic (exact) mass is 311 g/mol. The van der Waals surface area contributed by atoms with E-state index in [-0.39, 0.29) is 0 Å². The summed E-state index contributed by atoms with van der Waals surface area (Å²) in [5.41, 5.74) is 0. The molecule has 0 fully saturated rings. The second-order valence-electron chi connectivity index (χ2n) is 3.85. The van der Waals surface area contributed by atoms with Gasteiger partial charge < -0.3 is 5.32 Å². The van der Waals surface area contributed by atoms with Crippen LogP contribution in [0.1, 0.15) is 19.3 Å². The highest BCUT2D eigenvalue weighted by Gasteiger charge is 2.06. The summed E-state index contributed by atoms with van der Waals surface area (Å²) in [5.74, 6) is 3.77. The molecule has 92 valence electrons. The molecule has 3 heteroatoms. The van der Waals surface area contributed by atoms with Gasteiger partial charge in [0.05, 0.1) is 0 Å². The van der Waals surface area contributed by atoms with Gasteiger partial charge in [-0.1, -0.05) is 22.0 Å². The quantitative estimate of drug-likeness (QED) is 0.465. The minimum atomic E-state index is 0.535. The molecule has 1 rings (SSSR count). The lowest BCUT2D eigenvalue weighted by Crippen LogP contribution is -2.27. The van der Waals surface area contributed by atoms with Crippen LogP contribution >= 0.6 is 27.7 Å². The topological polar surface area (TPSA) is 12.0 Å². The Morgan fingerprint density at radius 3 is 3.00 bits per heavy atom. The Bertz CT molecular complexity index is 373. The van der Waals surface area contributed by atoms with Crippen LogP contribution in [0.4, 0.5) is 0 Å². The SMILES string of the molecule is C#CCCCC(CSc1cccc(Br)c1)NC. The molecule has 0 aliphatic carbocycles. The molecule has 1 atom stereocenters. The maximum absolute atomic E-state index is 5.26. The highest BCUT2D eigenvalue weighted by Crippen LogP contribution is 2.23. The molecule has 0 saturated carbocycles. The van der Waals surface area contributed by atoms with E-state index in [0.717, 1.165) is 29.5 Å². The van der Waals surface area contributed by atoms with E-state index >= 15 is 0 Å². The Labute approximate surface area is 117 Å². The fourth-order valence-corrected chi connectivity index (χ4v) is 3.18. The van der Waals surface area contributed by atoms with Gasteiger partial charge in [-0.15, -0.1) is 24.1 Å². The molecule has 1 N–H and O–H groups in total.